The third kappa shape index (κ3) is 4.35. The lowest BCUT2D eigenvalue weighted by Gasteiger charge is -2.14. The van der Waals surface area contributed by atoms with Crippen molar-refractivity contribution in [1.82, 2.24) is 5.48 Å². The molecule has 2 aromatic rings. The summed E-state index contributed by atoms with van der Waals surface area (Å²) in [5.41, 5.74) is 3.60. The van der Waals surface area contributed by atoms with E-state index in [1.807, 2.05) is 30.3 Å². The van der Waals surface area contributed by atoms with Crippen LogP contribution >= 0.6 is 0 Å². The number of carbonyl (C=O) groups excluding carboxylic acids is 1. The molecule has 0 unspecified atom stereocenters. The molecular formula is C21H17NO5. The van der Waals surface area contributed by atoms with Crippen LogP contribution in [0.1, 0.15) is 22.8 Å². The van der Waals surface area contributed by atoms with Crippen LogP contribution in [0.15, 0.2) is 54.6 Å². The second-order valence-corrected chi connectivity index (χ2v) is 5.92. The number of benzene rings is 2. The minimum absolute atomic E-state index is 0.579. The highest BCUT2D eigenvalue weighted by molar-refractivity contribution is 5.80. The highest BCUT2D eigenvalue weighted by Gasteiger charge is 2.46. The van der Waals surface area contributed by atoms with Crippen LogP contribution < -0.4 is 5.48 Å². The molecule has 136 valence electrons. The van der Waals surface area contributed by atoms with Gasteiger partial charge in [0.05, 0.1) is 0 Å². The van der Waals surface area contributed by atoms with Crippen molar-refractivity contribution in [1.29, 1.82) is 0 Å². The number of nitrogens with one attached hydrogen (secondary N) is 1. The van der Waals surface area contributed by atoms with Gasteiger partial charge in [-0.15, -0.1) is 0 Å². The van der Waals surface area contributed by atoms with Gasteiger partial charge in [-0.05, 0) is 41.7 Å². The third-order valence-corrected chi connectivity index (χ3v) is 4.12. The van der Waals surface area contributed by atoms with E-state index in [0.717, 1.165) is 11.1 Å². The number of rotatable bonds is 2. The monoisotopic (exact) mass is 363 g/mol. The van der Waals surface area contributed by atoms with Crippen molar-refractivity contribution >= 4 is 5.91 Å². The first kappa shape index (κ1) is 18.7. The molecule has 1 aliphatic heterocycles. The van der Waals surface area contributed by atoms with Crippen molar-refractivity contribution in [2.45, 2.75) is 24.4 Å². The van der Waals surface area contributed by atoms with Crippen LogP contribution in [0.25, 0.3) is 0 Å². The van der Waals surface area contributed by atoms with Crippen molar-refractivity contribution in [3.63, 3.8) is 0 Å². The summed E-state index contributed by atoms with van der Waals surface area (Å²) < 4.78 is 5.38. The summed E-state index contributed by atoms with van der Waals surface area (Å²) in [7, 11) is 0. The molecule has 1 heterocycles. The van der Waals surface area contributed by atoms with Crippen LogP contribution in [0.4, 0.5) is 0 Å². The van der Waals surface area contributed by atoms with E-state index in [0.29, 0.717) is 5.56 Å². The summed E-state index contributed by atoms with van der Waals surface area (Å²) in [6.07, 6.45) is -4.96. The lowest BCUT2D eigenvalue weighted by Crippen LogP contribution is -2.41. The second-order valence-electron chi connectivity index (χ2n) is 5.92. The zero-order valence-electron chi connectivity index (χ0n) is 14.2. The van der Waals surface area contributed by atoms with E-state index in [2.05, 4.69) is 23.7 Å². The van der Waals surface area contributed by atoms with Crippen molar-refractivity contribution in [3.8, 4) is 23.7 Å². The van der Waals surface area contributed by atoms with Gasteiger partial charge in [-0.2, -0.15) is 0 Å². The maximum absolute atomic E-state index is 11.5. The van der Waals surface area contributed by atoms with E-state index >= 15 is 0 Å². The molecule has 1 saturated heterocycles. The quantitative estimate of drug-likeness (QED) is 0.359. The Morgan fingerprint density at radius 3 is 2.07 bits per heavy atom. The fourth-order valence-corrected chi connectivity index (χ4v) is 2.72. The largest absolute Gasteiger partial charge is 0.387 e. The minimum atomic E-state index is -1.44. The number of aliphatic hydroxyl groups is 2. The number of hydrogen-bond acceptors (Lipinski definition) is 5. The fraction of sp³-hybridized carbons (Fsp3) is 0.190. The Kier molecular flexibility index (Phi) is 5.87. The summed E-state index contributed by atoms with van der Waals surface area (Å²) in [4.78, 5) is 11.5. The molecule has 6 heteroatoms. The molecule has 4 atom stereocenters. The summed E-state index contributed by atoms with van der Waals surface area (Å²) in [6.45, 7) is 0. The van der Waals surface area contributed by atoms with E-state index in [4.69, 9.17) is 9.94 Å². The Morgan fingerprint density at radius 1 is 0.889 bits per heavy atom. The van der Waals surface area contributed by atoms with Gasteiger partial charge in [0.25, 0.3) is 5.91 Å². The Bertz CT molecular complexity index is 918. The molecular weight excluding hydrogens is 346 g/mol. The molecule has 27 heavy (non-hydrogen) atoms. The minimum Gasteiger partial charge on any atom is -0.387 e. The lowest BCUT2D eigenvalue weighted by atomic mass is 10.0. The van der Waals surface area contributed by atoms with Gasteiger partial charge in [0.15, 0.2) is 6.10 Å². The SMILES string of the molecule is O=C(NO)[C@H]1O[C@@H](c2ccc(C#CC#Cc3ccccc3)cc2)[C@@H](O)[C@H]1O. The first-order valence-electron chi connectivity index (χ1n) is 8.22. The molecule has 0 bridgehead atoms. The van der Waals surface area contributed by atoms with Gasteiger partial charge < -0.3 is 14.9 Å². The molecule has 6 nitrogen and oxygen atoms in total. The zero-order valence-corrected chi connectivity index (χ0v) is 14.2. The molecule has 2 aromatic carbocycles. The number of hydrogen-bond donors (Lipinski definition) is 4. The van der Waals surface area contributed by atoms with E-state index in [9.17, 15) is 15.0 Å². The summed E-state index contributed by atoms with van der Waals surface area (Å²) in [5, 5.41) is 28.7. The Labute approximate surface area is 156 Å². The van der Waals surface area contributed by atoms with Crippen molar-refractivity contribution < 1.29 is 25.0 Å². The predicted molar refractivity (Wildman–Crippen MR) is 96.2 cm³/mol. The molecule has 1 fully saturated rings. The third-order valence-electron chi connectivity index (χ3n) is 4.12. The van der Waals surface area contributed by atoms with Gasteiger partial charge in [-0.25, -0.2) is 5.48 Å². The van der Waals surface area contributed by atoms with Crippen LogP contribution in [-0.2, 0) is 9.53 Å². The lowest BCUT2D eigenvalue weighted by molar-refractivity contribution is -0.144. The molecule has 0 spiro atoms. The first-order chi connectivity index (χ1) is 13.1. The van der Waals surface area contributed by atoms with Crippen LogP contribution in [0.2, 0.25) is 0 Å². The number of amides is 1. The van der Waals surface area contributed by atoms with Gasteiger partial charge in [0, 0.05) is 11.1 Å². The van der Waals surface area contributed by atoms with E-state index in [-0.39, 0.29) is 0 Å². The van der Waals surface area contributed by atoms with E-state index < -0.39 is 30.3 Å². The smallest absolute Gasteiger partial charge is 0.275 e. The fourth-order valence-electron chi connectivity index (χ4n) is 2.72. The van der Waals surface area contributed by atoms with Crippen molar-refractivity contribution in [3.05, 3.63) is 71.3 Å². The van der Waals surface area contributed by atoms with Gasteiger partial charge in [0.2, 0.25) is 0 Å². The van der Waals surface area contributed by atoms with Crippen molar-refractivity contribution in [2.24, 2.45) is 0 Å². The van der Waals surface area contributed by atoms with Gasteiger partial charge >= 0.3 is 0 Å². The molecule has 4 N–H and O–H groups in total. The van der Waals surface area contributed by atoms with Gasteiger partial charge in [-0.1, -0.05) is 42.2 Å². The summed E-state index contributed by atoms with van der Waals surface area (Å²) in [6, 6.07) is 16.4. The standard InChI is InChI=1S/C21H17NO5/c23-17-18(24)20(21(25)22-26)27-19(17)16-12-10-15(11-13-16)9-5-4-8-14-6-2-1-3-7-14/h1-3,6-7,10-13,17-20,23-24,26H,(H,22,25)/t17-,18+,19-,20-/m0/s1. The van der Waals surface area contributed by atoms with Gasteiger partial charge in [0.1, 0.15) is 18.3 Å². The highest BCUT2D eigenvalue weighted by atomic mass is 16.6. The molecule has 0 aliphatic carbocycles. The number of carbonyl (C=O) groups is 1. The second kappa shape index (κ2) is 8.50. The van der Waals surface area contributed by atoms with Crippen LogP contribution in [0, 0.1) is 23.7 Å². The summed E-state index contributed by atoms with van der Waals surface area (Å²) >= 11 is 0. The van der Waals surface area contributed by atoms with E-state index in [1.54, 1.807) is 24.3 Å². The first-order valence-corrected chi connectivity index (χ1v) is 8.22. The van der Waals surface area contributed by atoms with Crippen LogP contribution in [-0.4, -0.2) is 39.6 Å². The van der Waals surface area contributed by atoms with Gasteiger partial charge in [-0.3, -0.25) is 10.0 Å². The summed E-state index contributed by atoms with van der Waals surface area (Å²) in [5.74, 6) is 10.5. The topological polar surface area (TPSA) is 99.0 Å². The van der Waals surface area contributed by atoms with Crippen LogP contribution in [0.5, 0.6) is 0 Å². The van der Waals surface area contributed by atoms with E-state index in [1.165, 1.54) is 5.48 Å². The average Bonchev–Trinajstić information content (AvgIpc) is 3.01. The molecule has 1 amide bonds. The Hall–Kier alpha value is -3.13. The number of aliphatic hydroxyl groups excluding tert-OH is 2. The molecule has 0 saturated carbocycles. The number of ether oxygens (including phenoxy) is 1. The average molecular weight is 363 g/mol. The normalized spacial score (nSPS) is 23.5. The van der Waals surface area contributed by atoms with Crippen LogP contribution in [0.3, 0.4) is 0 Å². The maximum Gasteiger partial charge on any atom is 0.275 e. The molecule has 0 radical (unpaired) electrons. The Morgan fingerprint density at radius 2 is 1.48 bits per heavy atom. The van der Waals surface area contributed by atoms with Crippen molar-refractivity contribution in [2.75, 3.05) is 0 Å². The highest BCUT2D eigenvalue weighted by Crippen LogP contribution is 2.33. The molecule has 1 aliphatic rings. The number of hydroxylamine groups is 1. The zero-order chi connectivity index (χ0) is 19.2. The predicted octanol–water partition coefficient (Wildman–Crippen LogP) is 0.757. The molecule has 3 rings (SSSR count). The maximum atomic E-state index is 11.5. The Balaban J connectivity index is 1.69. The molecule has 0 aromatic heterocycles.